The van der Waals surface area contributed by atoms with Crippen molar-refractivity contribution in [3.05, 3.63) is 52.3 Å². The van der Waals surface area contributed by atoms with Crippen molar-refractivity contribution in [3.63, 3.8) is 0 Å². The summed E-state index contributed by atoms with van der Waals surface area (Å²) in [7, 11) is 0. The molecule has 0 bridgehead atoms. The summed E-state index contributed by atoms with van der Waals surface area (Å²) < 4.78 is 1.97. The van der Waals surface area contributed by atoms with E-state index in [1.165, 1.54) is 17.5 Å². The zero-order chi connectivity index (χ0) is 19.7. The first-order valence-electron chi connectivity index (χ1n) is 10.2. The fourth-order valence-corrected chi connectivity index (χ4v) is 3.86. The van der Waals surface area contributed by atoms with Gasteiger partial charge in [0.25, 0.3) is 0 Å². The van der Waals surface area contributed by atoms with Gasteiger partial charge < -0.3 is 10.2 Å². The fourth-order valence-electron chi connectivity index (χ4n) is 3.86. The van der Waals surface area contributed by atoms with Crippen molar-refractivity contribution in [1.29, 1.82) is 0 Å². The lowest BCUT2D eigenvalue weighted by Gasteiger charge is -2.34. The van der Waals surface area contributed by atoms with Crippen LogP contribution in [0.3, 0.4) is 0 Å². The third-order valence-electron chi connectivity index (χ3n) is 6.02. The summed E-state index contributed by atoms with van der Waals surface area (Å²) in [6.45, 7) is 6.62. The van der Waals surface area contributed by atoms with Gasteiger partial charge in [-0.3, -0.25) is 14.3 Å². The van der Waals surface area contributed by atoms with Crippen molar-refractivity contribution in [2.24, 2.45) is 5.92 Å². The minimum atomic E-state index is -0.00369. The van der Waals surface area contributed by atoms with Crippen LogP contribution in [0.4, 0.5) is 0 Å². The van der Waals surface area contributed by atoms with Gasteiger partial charge in [0.15, 0.2) is 0 Å². The molecule has 1 aromatic heterocycles. The second-order valence-electron chi connectivity index (χ2n) is 8.11. The SMILES string of the molecule is Cc1ccc(CC(=O)NCc2cc3n(n2)CCN(C(=O)C2CCC2)C3)cc1C. The Hall–Kier alpha value is -2.63. The highest BCUT2D eigenvalue weighted by Crippen LogP contribution is 2.29. The number of nitrogens with zero attached hydrogens (tertiary/aromatic N) is 3. The second-order valence-corrected chi connectivity index (χ2v) is 8.11. The van der Waals surface area contributed by atoms with Crippen molar-refractivity contribution in [3.8, 4) is 0 Å². The first-order chi connectivity index (χ1) is 13.5. The highest BCUT2D eigenvalue weighted by molar-refractivity contribution is 5.79. The van der Waals surface area contributed by atoms with Gasteiger partial charge in [-0.2, -0.15) is 5.10 Å². The number of benzene rings is 1. The summed E-state index contributed by atoms with van der Waals surface area (Å²) in [4.78, 5) is 26.7. The van der Waals surface area contributed by atoms with Crippen LogP contribution < -0.4 is 5.32 Å². The maximum Gasteiger partial charge on any atom is 0.226 e. The Morgan fingerprint density at radius 1 is 1.14 bits per heavy atom. The van der Waals surface area contributed by atoms with E-state index in [9.17, 15) is 9.59 Å². The number of carbonyl (C=O) groups is 2. The van der Waals surface area contributed by atoms with Gasteiger partial charge in [0.1, 0.15) is 0 Å². The van der Waals surface area contributed by atoms with Gasteiger partial charge in [-0.05, 0) is 49.4 Å². The Morgan fingerprint density at radius 3 is 2.68 bits per heavy atom. The third kappa shape index (κ3) is 3.96. The summed E-state index contributed by atoms with van der Waals surface area (Å²) >= 11 is 0. The molecule has 0 radical (unpaired) electrons. The maximum absolute atomic E-state index is 12.5. The number of carbonyl (C=O) groups excluding carboxylic acids is 2. The smallest absolute Gasteiger partial charge is 0.226 e. The van der Waals surface area contributed by atoms with Crippen LogP contribution in [-0.2, 0) is 35.6 Å². The number of rotatable bonds is 5. The molecule has 6 heteroatoms. The van der Waals surface area contributed by atoms with Gasteiger partial charge in [-0.15, -0.1) is 0 Å². The molecule has 148 valence electrons. The zero-order valence-electron chi connectivity index (χ0n) is 16.7. The molecule has 6 nitrogen and oxygen atoms in total. The molecule has 1 fully saturated rings. The summed E-state index contributed by atoms with van der Waals surface area (Å²) in [5.41, 5.74) is 5.36. The molecule has 2 amide bonds. The normalized spacial score (nSPS) is 16.4. The van der Waals surface area contributed by atoms with E-state index in [2.05, 4.69) is 36.4 Å². The van der Waals surface area contributed by atoms with E-state index in [1.54, 1.807) is 0 Å². The molecule has 0 unspecified atom stereocenters. The van der Waals surface area contributed by atoms with Crippen LogP contribution in [-0.4, -0.2) is 33.0 Å². The number of hydrogen-bond acceptors (Lipinski definition) is 3. The average Bonchev–Trinajstić information content (AvgIpc) is 3.03. The molecule has 1 saturated carbocycles. The second kappa shape index (κ2) is 7.78. The lowest BCUT2D eigenvalue weighted by atomic mass is 9.84. The Balaban J connectivity index is 1.31. The van der Waals surface area contributed by atoms with E-state index in [4.69, 9.17) is 0 Å². The quantitative estimate of drug-likeness (QED) is 0.867. The molecule has 0 spiro atoms. The first-order valence-corrected chi connectivity index (χ1v) is 10.2. The monoisotopic (exact) mass is 380 g/mol. The molecule has 4 rings (SSSR count). The number of nitrogens with one attached hydrogen (secondary N) is 1. The number of amides is 2. The van der Waals surface area contributed by atoms with Gasteiger partial charge >= 0.3 is 0 Å². The van der Waals surface area contributed by atoms with Crippen molar-refractivity contribution < 1.29 is 9.59 Å². The summed E-state index contributed by atoms with van der Waals surface area (Å²) in [5, 5.41) is 7.56. The predicted molar refractivity (Wildman–Crippen MR) is 106 cm³/mol. The van der Waals surface area contributed by atoms with E-state index in [1.807, 2.05) is 21.7 Å². The highest BCUT2D eigenvalue weighted by Gasteiger charge is 2.31. The minimum absolute atomic E-state index is 0.00369. The van der Waals surface area contributed by atoms with Crippen molar-refractivity contribution in [2.45, 2.75) is 59.2 Å². The lowest BCUT2D eigenvalue weighted by molar-refractivity contribution is -0.139. The van der Waals surface area contributed by atoms with Crippen LogP contribution >= 0.6 is 0 Å². The summed E-state index contributed by atoms with van der Waals surface area (Å²) in [5.74, 6) is 0.525. The van der Waals surface area contributed by atoms with Crippen LogP contribution in [0.15, 0.2) is 24.3 Å². The van der Waals surface area contributed by atoms with E-state index >= 15 is 0 Å². The zero-order valence-corrected chi connectivity index (χ0v) is 16.7. The number of fused-ring (bicyclic) bond motifs is 1. The molecular weight excluding hydrogens is 352 g/mol. The lowest BCUT2D eigenvalue weighted by Crippen LogP contribution is -2.43. The molecule has 28 heavy (non-hydrogen) atoms. The van der Waals surface area contributed by atoms with Crippen LogP contribution in [0.1, 0.15) is 47.3 Å². The minimum Gasteiger partial charge on any atom is -0.350 e. The first kappa shape index (κ1) is 18.7. The number of aromatic nitrogens is 2. The molecular formula is C22H28N4O2. The third-order valence-corrected chi connectivity index (χ3v) is 6.02. The van der Waals surface area contributed by atoms with Crippen molar-refractivity contribution in [1.82, 2.24) is 20.0 Å². The molecule has 1 aliphatic carbocycles. The molecule has 2 aliphatic rings. The van der Waals surface area contributed by atoms with Crippen LogP contribution in [0.25, 0.3) is 0 Å². The summed E-state index contributed by atoms with van der Waals surface area (Å²) in [6.07, 6.45) is 3.62. The molecule has 1 aliphatic heterocycles. The van der Waals surface area contributed by atoms with E-state index in [0.29, 0.717) is 25.4 Å². The largest absolute Gasteiger partial charge is 0.350 e. The van der Waals surface area contributed by atoms with Gasteiger partial charge in [-0.1, -0.05) is 24.6 Å². The van der Waals surface area contributed by atoms with Crippen molar-refractivity contribution >= 4 is 11.8 Å². The Kier molecular flexibility index (Phi) is 5.20. The molecule has 2 aromatic rings. The molecule has 2 heterocycles. The number of hydrogen-bond donors (Lipinski definition) is 1. The maximum atomic E-state index is 12.5. The molecule has 0 atom stereocenters. The summed E-state index contributed by atoms with van der Waals surface area (Å²) in [6, 6.07) is 8.14. The highest BCUT2D eigenvalue weighted by atomic mass is 16.2. The standard InChI is InChI=1S/C22H28N4O2/c1-15-6-7-17(10-16(15)2)11-21(27)23-13-19-12-20-14-25(8-9-26(20)24-19)22(28)18-4-3-5-18/h6-7,10,12,18H,3-5,8-9,11,13-14H2,1-2H3,(H,23,27). The fraction of sp³-hybridized carbons (Fsp3) is 0.500. The van der Waals surface area contributed by atoms with Gasteiger partial charge in [0.05, 0.1) is 37.4 Å². The Morgan fingerprint density at radius 2 is 1.96 bits per heavy atom. The average molecular weight is 380 g/mol. The molecule has 1 N–H and O–H groups in total. The van der Waals surface area contributed by atoms with Gasteiger partial charge in [-0.25, -0.2) is 0 Å². The van der Waals surface area contributed by atoms with Crippen LogP contribution in [0.2, 0.25) is 0 Å². The Labute approximate surface area is 165 Å². The van der Waals surface area contributed by atoms with Crippen molar-refractivity contribution in [2.75, 3.05) is 6.54 Å². The van der Waals surface area contributed by atoms with Gasteiger partial charge in [0, 0.05) is 12.5 Å². The topological polar surface area (TPSA) is 67.2 Å². The number of aryl methyl sites for hydroxylation is 2. The Bertz CT molecular complexity index is 898. The van der Waals surface area contributed by atoms with E-state index in [0.717, 1.165) is 42.9 Å². The molecule has 0 saturated heterocycles. The van der Waals surface area contributed by atoms with E-state index < -0.39 is 0 Å². The van der Waals surface area contributed by atoms with Crippen LogP contribution in [0, 0.1) is 19.8 Å². The van der Waals surface area contributed by atoms with E-state index in [-0.39, 0.29) is 11.8 Å². The molecule has 1 aromatic carbocycles. The predicted octanol–water partition coefficient (Wildman–Crippen LogP) is 2.50. The van der Waals surface area contributed by atoms with Gasteiger partial charge in [0.2, 0.25) is 11.8 Å². The van der Waals surface area contributed by atoms with Crippen LogP contribution in [0.5, 0.6) is 0 Å².